The lowest BCUT2D eigenvalue weighted by Crippen LogP contribution is -2.11. The second kappa shape index (κ2) is 18.8. The minimum absolute atomic E-state index is 0.216. The van der Waals surface area contributed by atoms with E-state index in [0.717, 1.165) is 79.9 Å². The SMILES string of the molecule is CCCCCCCc1ccc2c(OC(=O)OCC)c3ccccc3c(-c3c4ccccc4c(OC(=O)OCC)c4ccc(CCCCCCC)cc34)c2c1. The van der Waals surface area contributed by atoms with Gasteiger partial charge in [-0.3, -0.25) is 0 Å². The minimum atomic E-state index is -0.725. The van der Waals surface area contributed by atoms with Gasteiger partial charge in [0.25, 0.3) is 0 Å². The highest BCUT2D eigenvalue weighted by atomic mass is 16.7. The van der Waals surface area contributed by atoms with Gasteiger partial charge in [-0.2, -0.15) is 0 Å². The molecule has 0 saturated carbocycles. The van der Waals surface area contributed by atoms with Gasteiger partial charge in [0.15, 0.2) is 0 Å². The van der Waals surface area contributed by atoms with Crippen LogP contribution in [0.15, 0.2) is 84.9 Å². The molecule has 0 saturated heterocycles. The predicted molar refractivity (Wildman–Crippen MR) is 222 cm³/mol. The van der Waals surface area contributed by atoms with Gasteiger partial charge in [-0.15, -0.1) is 0 Å². The fourth-order valence-corrected chi connectivity index (χ4v) is 7.77. The Hall–Kier alpha value is -5.10. The van der Waals surface area contributed by atoms with Crippen LogP contribution in [0.5, 0.6) is 11.5 Å². The maximum absolute atomic E-state index is 13.0. The van der Waals surface area contributed by atoms with Crippen LogP contribution in [0, 0.1) is 0 Å². The van der Waals surface area contributed by atoms with Gasteiger partial charge < -0.3 is 18.9 Å². The quantitative estimate of drug-likeness (QED) is 0.0403. The maximum atomic E-state index is 13.0. The van der Waals surface area contributed by atoms with Crippen molar-refractivity contribution in [3.05, 3.63) is 96.1 Å². The van der Waals surface area contributed by atoms with Gasteiger partial charge in [0.2, 0.25) is 0 Å². The molecule has 0 fully saturated rings. The summed E-state index contributed by atoms with van der Waals surface area (Å²) >= 11 is 0. The molecule has 0 radical (unpaired) electrons. The summed E-state index contributed by atoms with van der Waals surface area (Å²) in [5.74, 6) is 0.974. The van der Waals surface area contributed by atoms with E-state index < -0.39 is 12.3 Å². The molecule has 282 valence electrons. The van der Waals surface area contributed by atoms with Crippen molar-refractivity contribution in [3.63, 3.8) is 0 Å². The molecule has 0 spiro atoms. The summed E-state index contributed by atoms with van der Waals surface area (Å²) in [6.07, 6.45) is 12.4. The van der Waals surface area contributed by atoms with Crippen molar-refractivity contribution >= 4 is 55.4 Å². The summed E-state index contributed by atoms with van der Waals surface area (Å²) in [5, 5.41) is 7.21. The second-order valence-corrected chi connectivity index (χ2v) is 14.2. The van der Waals surface area contributed by atoms with E-state index in [1.54, 1.807) is 13.8 Å². The Kier molecular flexibility index (Phi) is 13.4. The summed E-state index contributed by atoms with van der Waals surface area (Å²) in [6, 6.07) is 29.4. The highest BCUT2D eigenvalue weighted by Gasteiger charge is 2.25. The molecular weight excluding hydrogens is 673 g/mol. The number of hydrogen-bond donors (Lipinski definition) is 0. The molecule has 6 aromatic rings. The number of benzene rings is 6. The first-order valence-corrected chi connectivity index (χ1v) is 20.1. The lowest BCUT2D eigenvalue weighted by atomic mass is 9.84. The molecular formula is C48H54O6. The van der Waals surface area contributed by atoms with Gasteiger partial charge in [0.05, 0.1) is 13.2 Å². The molecule has 0 unspecified atom stereocenters. The number of carbonyl (C=O) groups is 2. The zero-order valence-corrected chi connectivity index (χ0v) is 32.4. The van der Waals surface area contributed by atoms with Gasteiger partial charge in [0.1, 0.15) is 11.5 Å². The monoisotopic (exact) mass is 726 g/mol. The number of carbonyl (C=O) groups excluding carboxylic acids is 2. The summed E-state index contributed by atoms with van der Waals surface area (Å²) in [5.41, 5.74) is 4.57. The maximum Gasteiger partial charge on any atom is 0.513 e. The summed E-state index contributed by atoms with van der Waals surface area (Å²) in [7, 11) is 0. The third-order valence-corrected chi connectivity index (χ3v) is 10.4. The van der Waals surface area contributed by atoms with Crippen LogP contribution in [0.2, 0.25) is 0 Å². The van der Waals surface area contributed by atoms with Crippen molar-refractivity contribution in [2.45, 2.75) is 105 Å². The smallest absolute Gasteiger partial charge is 0.434 e. The Morgan fingerprint density at radius 3 is 1.19 bits per heavy atom. The van der Waals surface area contributed by atoms with Crippen LogP contribution in [0.25, 0.3) is 54.2 Å². The summed E-state index contributed by atoms with van der Waals surface area (Å²) < 4.78 is 22.7. The number of fused-ring (bicyclic) bond motifs is 4. The molecule has 6 heteroatoms. The first kappa shape index (κ1) is 38.6. The fraction of sp³-hybridized carbons (Fsp3) is 0.375. The third kappa shape index (κ3) is 8.65. The Labute approximate surface area is 319 Å². The number of rotatable bonds is 17. The van der Waals surface area contributed by atoms with Crippen LogP contribution in [0.4, 0.5) is 9.59 Å². The number of hydrogen-bond acceptors (Lipinski definition) is 6. The molecule has 0 N–H and O–H groups in total. The van der Waals surface area contributed by atoms with Gasteiger partial charge in [-0.1, -0.05) is 150 Å². The first-order chi connectivity index (χ1) is 26.5. The van der Waals surface area contributed by atoms with Crippen molar-refractivity contribution in [2.24, 2.45) is 0 Å². The Bertz CT molecular complexity index is 2080. The van der Waals surface area contributed by atoms with E-state index in [-0.39, 0.29) is 13.2 Å². The fourth-order valence-electron chi connectivity index (χ4n) is 7.77. The van der Waals surface area contributed by atoms with Gasteiger partial charge in [0, 0.05) is 21.5 Å². The van der Waals surface area contributed by atoms with Crippen LogP contribution >= 0.6 is 0 Å². The van der Waals surface area contributed by atoms with Crippen molar-refractivity contribution in [3.8, 4) is 22.6 Å². The van der Waals surface area contributed by atoms with E-state index in [1.165, 1.54) is 62.5 Å². The van der Waals surface area contributed by atoms with Crippen LogP contribution < -0.4 is 9.47 Å². The second-order valence-electron chi connectivity index (χ2n) is 14.2. The Balaban J connectivity index is 1.67. The van der Waals surface area contributed by atoms with Crippen molar-refractivity contribution in [2.75, 3.05) is 13.2 Å². The standard InChI is InChI=1S/C48H54O6/c1-5-9-11-13-15-21-33-27-29-39-41(31-33)43(35-23-17-19-25-37(35)45(39)53-47(49)51-7-3)44-36-24-18-20-26-38(36)46(54-48(50)52-8-4)40-30-28-34(32-42(40)44)22-16-14-12-10-6-2/h17-20,23-32H,5-16,21-22H2,1-4H3. The minimum Gasteiger partial charge on any atom is -0.434 e. The van der Waals surface area contributed by atoms with E-state index in [2.05, 4.69) is 62.4 Å². The molecule has 0 aliphatic carbocycles. The highest BCUT2D eigenvalue weighted by Crippen LogP contribution is 2.50. The zero-order valence-electron chi connectivity index (χ0n) is 32.4. The van der Waals surface area contributed by atoms with E-state index in [9.17, 15) is 9.59 Å². The van der Waals surface area contributed by atoms with Crippen molar-refractivity contribution in [1.82, 2.24) is 0 Å². The van der Waals surface area contributed by atoms with Crippen LogP contribution in [-0.2, 0) is 22.3 Å². The largest absolute Gasteiger partial charge is 0.513 e. The molecule has 0 aromatic heterocycles. The predicted octanol–water partition coefficient (Wildman–Crippen LogP) is 14.1. The number of ether oxygens (including phenoxy) is 4. The molecule has 0 heterocycles. The summed E-state index contributed by atoms with van der Waals surface area (Å²) in [6.45, 7) is 8.47. The number of unbranched alkanes of at least 4 members (excludes halogenated alkanes) is 8. The molecule has 0 amide bonds. The normalized spacial score (nSPS) is 11.4. The van der Waals surface area contributed by atoms with Crippen molar-refractivity contribution in [1.29, 1.82) is 0 Å². The molecule has 54 heavy (non-hydrogen) atoms. The van der Waals surface area contributed by atoms with Gasteiger partial charge in [-0.25, -0.2) is 9.59 Å². The van der Waals surface area contributed by atoms with Gasteiger partial charge in [-0.05, 0) is 83.3 Å². The lowest BCUT2D eigenvalue weighted by molar-refractivity contribution is 0.104. The average Bonchev–Trinajstić information content (AvgIpc) is 3.18. The zero-order chi connectivity index (χ0) is 37.9. The highest BCUT2D eigenvalue weighted by molar-refractivity contribution is 6.27. The van der Waals surface area contributed by atoms with Crippen LogP contribution in [0.1, 0.15) is 103 Å². The van der Waals surface area contributed by atoms with Crippen molar-refractivity contribution < 1.29 is 28.5 Å². The molecule has 0 bridgehead atoms. The van der Waals surface area contributed by atoms with E-state index >= 15 is 0 Å². The lowest BCUT2D eigenvalue weighted by Gasteiger charge is -2.22. The molecule has 6 nitrogen and oxygen atoms in total. The summed E-state index contributed by atoms with van der Waals surface area (Å²) in [4.78, 5) is 25.9. The van der Waals surface area contributed by atoms with Gasteiger partial charge >= 0.3 is 12.3 Å². The molecule has 0 aliphatic heterocycles. The van der Waals surface area contributed by atoms with E-state index in [1.807, 2.05) is 36.4 Å². The van der Waals surface area contributed by atoms with Crippen LogP contribution in [0.3, 0.4) is 0 Å². The third-order valence-electron chi connectivity index (χ3n) is 10.4. The van der Waals surface area contributed by atoms with E-state index in [0.29, 0.717) is 11.5 Å². The Morgan fingerprint density at radius 1 is 0.426 bits per heavy atom. The van der Waals surface area contributed by atoms with Crippen LogP contribution in [-0.4, -0.2) is 25.5 Å². The Morgan fingerprint density at radius 2 is 0.796 bits per heavy atom. The topological polar surface area (TPSA) is 71.1 Å². The average molecular weight is 727 g/mol. The molecule has 6 rings (SSSR count). The molecule has 6 aromatic carbocycles. The van der Waals surface area contributed by atoms with E-state index in [4.69, 9.17) is 18.9 Å². The first-order valence-electron chi connectivity index (χ1n) is 20.1. The molecule has 0 atom stereocenters. The molecule has 0 aliphatic rings. The number of aryl methyl sites for hydroxylation is 2.